The highest BCUT2D eigenvalue weighted by atomic mass is 16.3. The largest absolute Gasteiger partial charge is 0.454 e. The van der Waals surface area contributed by atoms with Crippen molar-refractivity contribution in [2.24, 2.45) is 0 Å². The average Bonchev–Trinajstić information content (AvgIpc) is 3.62. The summed E-state index contributed by atoms with van der Waals surface area (Å²) in [5.74, 6) is 0. The van der Waals surface area contributed by atoms with Crippen LogP contribution in [-0.2, 0) is 0 Å². The Kier molecular flexibility index (Phi) is 7.12. The lowest BCUT2D eigenvalue weighted by Crippen LogP contribution is -2.52. The smallest absolute Gasteiger partial charge is 0.242 e. The third kappa shape index (κ3) is 4.83. The van der Waals surface area contributed by atoms with Gasteiger partial charge in [0.15, 0.2) is 5.58 Å². The van der Waals surface area contributed by atoms with Crippen molar-refractivity contribution in [3.05, 3.63) is 193 Å². The van der Waals surface area contributed by atoms with Crippen LogP contribution >= 0.6 is 0 Å². The predicted molar refractivity (Wildman–Crippen MR) is 237 cm³/mol. The van der Waals surface area contributed by atoms with Crippen LogP contribution in [0.2, 0.25) is 0 Å². The molecule has 0 saturated heterocycles. The minimum Gasteiger partial charge on any atom is -0.454 e. The molecule has 0 N–H and O–H groups in total. The van der Waals surface area contributed by atoms with E-state index in [2.05, 4.69) is 195 Å². The van der Waals surface area contributed by atoms with E-state index in [-0.39, 0.29) is 6.71 Å². The fourth-order valence-corrected chi connectivity index (χ4v) is 9.35. The van der Waals surface area contributed by atoms with Gasteiger partial charge in [0, 0.05) is 21.8 Å². The van der Waals surface area contributed by atoms with Crippen molar-refractivity contribution < 1.29 is 4.42 Å². The quantitative estimate of drug-likeness (QED) is 0.127. The van der Waals surface area contributed by atoms with E-state index < -0.39 is 0 Å². The van der Waals surface area contributed by atoms with Crippen LogP contribution < -0.4 is 21.3 Å². The standard InChI is InChI=1S/C52H36BNO/c1-33-31-46(53(36-17-5-3-6-18-36)45-24-13-16-35-15-9-10-21-40(35)45)43-29-27-39-34(2)32-48(44-30-28-38(33)50(43)51(39)44)54(37-19-7-4-8-20-37)47-25-14-23-42-41-22-11-12-26-49(41)55-52(42)47/h3-32H,1-2H3. The summed E-state index contributed by atoms with van der Waals surface area (Å²) in [5, 5.41) is 12.5. The first-order valence-corrected chi connectivity index (χ1v) is 19.1. The first kappa shape index (κ1) is 31.7. The summed E-state index contributed by atoms with van der Waals surface area (Å²) in [6.07, 6.45) is 0. The molecule has 0 saturated carbocycles. The zero-order valence-electron chi connectivity index (χ0n) is 30.8. The van der Waals surface area contributed by atoms with Crippen molar-refractivity contribution in [2.75, 3.05) is 4.90 Å². The normalized spacial score (nSPS) is 11.8. The minimum atomic E-state index is 0.0441. The van der Waals surface area contributed by atoms with Gasteiger partial charge in [0.05, 0.1) is 11.4 Å². The molecule has 0 bridgehead atoms. The van der Waals surface area contributed by atoms with Crippen molar-refractivity contribution >= 4 is 105 Å². The number of benzene rings is 10. The van der Waals surface area contributed by atoms with E-state index >= 15 is 0 Å². The molecule has 2 nitrogen and oxygen atoms in total. The van der Waals surface area contributed by atoms with Crippen LogP contribution in [0.1, 0.15) is 11.1 Å². The fraction of sp³-hybridized carbons (Fsp3) is 0.0385. The summed E-state index contributed by atoms with van der Waals surface area (Å²) < 4.78 is 6.69. The molecule has 3 heteroatoms. The van der Waals surface area contributed by atoms with Crippen LogP contribution in [0, 0.1) is 13.8 Å². The Hall–Kier alpha value is -6.84. The van der Waals surface area contributed by atoms with E-state index in [9.17, 15) is 0 Å². The number of furan rings is 1. The van der Waals surface area contributed by atoms with E-state index in [0.717, 1.165) is 39.0 Å². The Balaban J connectivity index is 1.23. The number of fused-ring (bicyclic) bond motifs is 4. The number of hydrogen-bond acceptors (Lipinski definition) is 2. The van der Waals surface area contributed by atoms with Crippen LogP contribution in [0.15, 0.2) is 186 Å². The maximum Gasteiger partial charge on any atom is 0.242 e. The molecule has 0 fully saturated rings. The zero-order valence-corrected chi connectivity index (χ0v) is 30.8. The number of rotatable bonds is 6. The van der Waals surface area contributed by atoms with Crippen LogP contribution in [0.3, 0.4) is 0 Å². The van der Waals surface area contributed by atoms with Gasteiger partial charge in [-0.3, -0.25) is 0 Å². The highest BCUT2D eigenvalue weighted by molar-refractivity contribution is 6.98. The first-order chi connectivity index (χ1) is 27.1. The van der Waals surface area contributed by atoms with Crippen LogP contribution in [0.5, 0.6) is 0 Å². The van der Waals surface area contributed by atoms with Gasteiger partial charge >= 0.3 is 0 Å². The molecule has 11 rings (SSSR count). The molecule has 258 valence electrons. The summed E-state index contributed by atoms with van der Waals surface area (Å²) in [6, 6.07) is 66.5. The lowest BCUT2D eigenvalue weighted by Gasteiger charge is -2.29. The van der Waals surface area contributed by atoms with Gasteiger partial charge in [0.25, 0.3) is 0 Å². The van der Waals surface area contributed by atoms with Gasteiger partial charge in [-0.25, -0.2) is 0 Å². The summed E-state index contributed by atoms with van der Waals surface area (Å²) in [4.78, 5) is 2.40. The van der Waals surface area contributed by atoms with Crippen LogP contribution in [-0.4, -0.2) is 6.71 Å². The Morgan fingerprint density at radius 3 is 1.84 bits per heavy atom. The van der Waals surface area contributed by atoms with Gasteiger partial charge in [-0.1, -0.05) is 168 Å². The van der Waals surface area contributed by atoms with Gasteiger partial charge in [-0.2, -0.15) is 0 Å². The molecule has 0 atom stereocenters. The van der Waals surface area contributed by atoms with Gasteiger partial charge in [0.1, 0.15) is 5.58 Å². The lowest BCUT2D eigenvalue weighted by molar-refractivity contribution is 0.669. The zero-order chi connectivity index (χ0) is 36.6. The summed E-state index contributed by atoms with van der Waals surface area (Å²) in [7, 11) is 0. The molecular weight excluding hydrogens is 665 g/mol. The highest BCUT2D eigenvalue weighted by Crippen LogP contribution is 2.47. The maximum absolute atomic E-state index is 6.69. The molecule has 10 aromatic carbocycles. The van der Waals surface area contributed by atoms with Crippen molar-refractivity contribution in [3.63, 3.8) is 0 Å². The van der Waals surface area contributed by atoms with Gasteiger partial charge in [0.2, 0.25) is 6.71 Å². The molecule has 55 heavy (non-hydrogen) atoms. The third-order valence-electron chi connectivity index (χ3n) is 11.8. The number of anilines is 3. The van der Waals surface area contributed by atoms with Crippen molar-refractivity contribution in [1.29, 1.82) is 0 Å². The van der Waals surface area contributed by atoms with E-state index in [1.54, 1.807) is 0 Å². The Labute approximate surface area is 320 Å². The molecule has 0 aliphatic carbocycles. The molecule has 0 aliphatic rings. The molecule has 1 heterocycles. The monoisotopic (exact) mass is 701 g/mol. The molecule has 0 aliphatic heterocycles. The van der Waals surface area contributed by atoms with Gasteiger partial charge in [-0.05, 0) is 93.0 Å². The molecule has 0 radical (unpaired) electrons. The Morgan fingerprint density at radius 2 is 1.02 bits per heavy atom. The van der Waals surface area contributed by atoms with E-state index in [4.69, 9.17) is 4.42 Å². The SMILES string of the molecule is Cc1cc(B(c2ccccc2)c2cccc3ccccc23)c2ccc3c(C)cc(N(c4ccccc4)c4cccc5c4oc4ccccc45)c4ccc1c2c34. The highest BCUT2D eigenvalue weighted by Gasteiger charge is 2.29. The van der Waals surface area contributed by atoms with E-state index in [1.807, 2.05) is 6.07 Å². The molecule has 11 aromatic rings. The van der Waals surface area contributed by atoms with Crippen molar-refractivity contribution in [2.45, 2.75) is 13.8 Å². The number of aryl methyl sites for hydroxylation is 2. The Bertz CT molecular complexity index is 3230. The first-order valence-electron chi connectivity index (χ1n) is 19.1. The van der Waals surface area contributed by atoms with Crippen LogP contribution in [0.4, 0.5) is 17.1 Å². The molecular formula is C52H36BNO. The number of hydrogen-bond donors (Lipinski definition) is 0. The third-order valence-corrected chi connectivity index (χ3v) is 11.8. The second kappa shape index (κ2) is 12.4. The lowest BCUT2D eigenvalue weighted by atomic mass is 9.35. The predicted octanol–water partition coefficient (Wildman–Crippen LogP) is 12.2. The van der Waals surface area contributed by atoms with Crippen LogP contribution in [0.25, 0.3) is 65.0 Å². The Morgan fingerprint density at radius 1 is 0.418 bits per heavy atom. The van der Waals surface area contributed by atoms with Crippen molar-refractivity contribution in [1.82, 2.24) is 0 Å². The summed E-state index contributed by atoms with van der Waals surface area (Å²) in [6.45, 7) is 4.59. The van der Waals surface area contributed by atoms with E-state index in [1.165, 1.54) is 70.6 Å². The second-order valence-electron chi connectivity index (χ2n) is 14.9. The minimum absolute atomic E-state index is 0.0441. The molecule has 0 spiro atoms. The fourth-order valence-electron chi connectivity index (χ4n) is 9.35. The summed E-state index contributed by atoms with van der Waals surface area (Å²) in [5.41, 5.74) is 11.5. The van der Waals surface area contributed by atoms with Crippen molar-refractivity contribution in [3.8, 4) is 0 Å². The topological polar surface area (TPSA) is 16.4 Å². The van der Waals surface area contributed by atoms with Gasteiger partial charge in [-0.15, -0.1) is 0 Å². The molecule has 0 unspecified atom stereocenters. The number of para-hydroxylation sites is 3. The van der Waals surface area contributed by atoms with E-state index in [0.29, 0.717) is 0 Å². The van der Waals surface area contributed by atoms with Gasteiger partial charge < -0.3 is 9.32 Å². The second-order valence-corrected chi connectivity index (χ2v) is 14.9. The molecule has 1 aromatic heterocycles. The number of nitrogens with zero attached hydrogens (tertiary/aromatic N) is 1. The summed E-state index contributed by atoms with van der Waals surface area (Å²) >= 11 is 0. The maximum atomic E-state index is 6.69. The molecule has 0 amide bonds. The average molecular weight is 702 g/mol.